The van der Waals surface area contributed by atoms with E-state index in [1.807, 2.05) is 0 Å². The van der Waals surface area contributed by atoms with Gasteiger partial charge in [-0.3, -0.25) is 0 Å². The number of rotatable bonds is 0. The molecule has 0 aromatic carbocycles. The molecule has 0 rings (SSSR count). The van der Waals surface area contributed by atoms with Crippen molar-refractivity contribution in [2.24, 2.45) is 0 Å². The van der Waals surface area contributed by atoms with Crippen LogP contribution in [0.25, 0.3) is 0 Å². The Hall–Kier alpha value is 2.64. The molecule has 0 amide bonds. The number of hydrogen-bond acceptors (Lipinski definition) is 1. The van der Waals surface area contributed by atoms with Crippen LogP contribution in [0.3, 0.4) is 0 Å². The average molecular weight is 176 g/mol. The summed E-state index contributed by atoms with van der Waals surface area (Å²) in [6.45, 7) is 0. The maximum absolute atomic E-state index is 8.88. The fourth-order valence-electron chi connectivity index (χ4n) is 0. The Morgan fingerprint density at radius 1 is 1.00 bits per heavy atom. The first-order valence-electron chi connectivity index (χ1n) is 0.783. The molecule has 0 saturated carbocycles. The van der Waals surface area contributed by atoms with Crippen LogP contribution >= 0.6 is 7.82 Å². The van der Waals surface area contributed by atoms with Crippen LogP contribution < -0.4 is 0 Å². The van der Waals surface area contributed by atoms with Gasteiger partial charge >= 0.3 is 66.9 Å². The molecule has 0 bridgehead atoms. The van der Waals surface area contributed by atoms with Crippen LogP contribution in [0.5, 0.6) is 0 Å². The van der Waals surface area contributed by atoms with E-state index >= 15 is 0 Å². The Bertz CT molecular complexity index is 60.2. The van der Waals surface area contributed by atoms with Crippen LogP contribution in [0.2, 0.25) is 0 Å². The first-order valence-corrected chi connectivity index (χ1v) is 2.35. The third-order valence-electron chi connectivity index (χ3n) is 0. The summed E-state index contributed by atoms with van der Waals surface area (Å²) in [6.07, 6.45) is 0. The molecule has 42 valence electrons. The van der Waals surface area contributed by atoms with Gasteiger partial charge in [0.15, 0.2) is 17.4 Å². The van der Waals surface area contributed by atoms with Gasteiger partial charge in [0.2, 0.25) is 0 Å². The summed E-state index contributed by atoms with van der Waals surface area (Å²) < 4.78 is 8.88. The second kappa shape index (κ2) is 9.64. The summed E-state index contributed by atoms with van der Waals surface area (Å²) in [4.78, 5) is 21.6. The van der Waals surface area contributed by atoms with Crippen LogP contribution in [-0.2, 0) is 4.57 Å². The van der Waals surface area contributed by atoms with Crippen LogP contribution in [0.15, 0.2) is 0 Å². The normalized spacial score (nSPS) is 7.38. The summed E-state index contributed by atoms with van der Waals surface area (Å²) in [5.74, 6) is 0. The second-order valence-electron chi connectivity index (χ2n) is 0.513. The standard InChI is InChI=1S/Al.2Na.H3O4P.5H/c;;;1-5(2,3)4;;;;;/h;;;(H3,1,2,3,4);;;;;. The van der Waals surface area contributed by atoms with Crippen molar-refractivity contribution in [2.75, 3.05) is 0 Å². The van der Waals surface area contributed by atoms with Gasteiger partial charge in [0.05, 0.1) is 0 Å². The van der Waals surface area contributed by atoms with E-state index in [4.69, 9.17) is 19.2 Å². The van der Waals surface area contributed by atoms with Gasteiger partial charge in [-0.15, -0.1) is 0 Å². The van der Waals surface area contributed by atoms with Crippen molar-refractivity contribution in [3.8, 4) is 0 Å². The van der Waals surface area contributed by atoms with Gasteiger partial charge in [-0.25, -0.2) is 4.57 Å². The Kier molecular flexibility index (Phi) is 27.0. The summed E-state index contributed by atoms with van der Waals surface area (Å²) in [5, 5.41) is 0. The zero-order chi connectivity index (χ0) is 4.50. The molecule has 0 fully saturated rings. The van der Waals surface area contributed by atoms with Crippen LogP contribution in [0, 0.1) is 0 Å². The molecule has 0 spiro atoms. The van der Waals surface area contributed by atoms with Crippen molar-refractivity contribution in [1.29, 1.82) is 0 Å². The van der Waals surface area contributed by atoms with Gasteiger partial charge in [0.25, 0.3) is 0 Å². The summed E-state index contributed by atoms with van der Waals surface area (Å²) >= 11 is 0. The molecule has 8 heavy (non-hydrogen) atoms. The third-order valence-corrected chi connectivity index (χ3v) is 0. The van der Waals surface area contributed by atoms with Crippen molar-refractivity contribution in [3.63, 3.8) is 0 Å². The first-order chi connectivity index (χ1) is 2.00. The van der Waals surface area contributed by atoms with E-state index in [9.17, 15) is 0 Å². The maximum atomic E-state index is 8.88. The quantitative estimate of drug-likeness (QED) is 0.265. The van der Waals surface area contributed by atoms with Gasteiger partial charge < -0.3 is 14.7 Å². The van der Waals surface area contributed by atoms with E-state index in [2.05, 4.69) is 0 Å². The van der Waals surface area contributed by atoms with Crippen molar-refractivity contribution >= 4 is 84.3 Å². The predicted molar refractivity (Wildman–Crippen MR) is 38.5 cm³/mol. The van der Waals surface area contributed by atoms with E-state index in [1.165, 1.54) is 0 Å². The molecule has 0 aromatic rings. The van der Waals surface area contributed by atoms with Gasteiger partial charge in [0, 0.05) is 0 Å². The molecular weight excluding hydrogens is 168 g/mol. The molecule has 4 nitrogen and oxygen atoms in total. The van der Waals surface area contributed by atoms with Gasteiger partial charge in [-0.1, -0.05) is 0 Å². The Morgan fingerprint density at radius 3 is 1.00 bits per heavy atom. The van der Waals surface area contributed by atoms with Crippen molar-refractivity contribution in [2.45, 2.75) is 0 Å². The van der Waals surface area contributed by atoms with Crippen LogP contribution in [-0.4, -0.2) is 91.2 Å². The SMILES string of the molecule is O=P(O)(O)O.[AlH3].[NaH].[NaH]. The Balaban J connectivity index is -0.0000000267. The molecule has 0 saturated heterocycles. The Labute approximate surface area is 102 Å². The minimum atomic E-state index is -4.64. The number of phosphoric acid groups is 1. The summed E-state index contributed by atoms with van der Waals surface area (Å²) in [6, 6.07) is 0. The number of hydrogen-bond donors (Lipinski definition) is 3. The van der Waals surface area contributed by atoms with E-state index in [-0.39, 0.29) is 76.5 Å². The molecular formula is H8AlNa2O4P. The second-order valence-corrected chi connectivity index (χ2v) is 1.54. The van der Waals surface area contributed by atoms with E-state index in [0.717, 1.165) is 0 Å². The average Bonchev–Trinajstić information content (AvgIpc) is 0.722. The molecule has 0 aromatic heterocycles. The topological polar surface area (TPSA) is 77.8 Å². The molecule has 0 aliphatic heterocycles. The first kappa shape index (κ1) is 22.4. The zero-order valence-electron chi connectivity index (χ0n) is 2.20. The van der Waals surface area contributed by atoms with Gasteiger partial charge in [-0.2, -0.15) is 0 Å². The van der Waals surface area contributed by atoms with Crippen LogP contribution in [0.1, 0.15) is 0 Å². The van der Waals surface area contributed by atoms with E-state index in [0.29, 0.717) is 0 Å². The molecule has 0 unspecified atom stereocenters. The zero-order valence-corrected chi connectivity index (χ0v) is 3.09. The van der Waals surface area contributed by atoms with Crippen LogP contribution in [0.4, 0.5) is 0 Å². The molecule has 0 atom stereocenters. The van der Waals surface area contributed by atoms with Crippen molar-refractivity contribution < 1.29 is 19.2 Å². The van der Waals surface area contributed by atoms with Gasteiger partial charge in [0.1, 0.15) is 0 Å². The Morgan fingerprint density at radius 2 is 1.00 bits per heavy atom. The minimum absolute atomic E-state index is 0. The fraction of sp³-hybridized carbons (Fsp3) is 0. The fourth-order valence-corrected chi connectivity index (χ4v) is 0. The predicted octanol–water partition coefficient (Wildman–Crippen LogP) is -3.41. The molecule has 0 heterocycles. The van der Waals surface area contributed by atoms with E-state index in [1.54, 1.807) is 0 Å². The van der Waals surface area contributed by atoms with Crippen molar-refractivity contribution in [3.05, 3.63) is 0 Å². The molecule has 0 aliphatic rings. The molecule has 0 aliphatic carbocycles. The molecule has 3 N–H and O–H groups in total. The third kappa shape index (κ3) is 72.3. The summed E-state index contributed by atoms with van der Waals surface area (Å²) in [5.41, 5.74) is 0. The van der Waals surface area contributed by atoms with Gasteiger partial charge in [-0.05, 0) is 0 Å². The molecule has 8 heteroatoms. The molecule has 0 radical (unpaired) electrons. The van der Waals surface area contributed by atoms with Crippen molar-refractivity contribution in [1.82, 2.24) is 0 Å². The summed E-state index contributed by atoms with van der Waals surface area (Å²) in [7, 11) is -4.64. The van der Waals surface area contributed by atoms with E-state index < -0.39 is 7.82 Å². The monoisotopic (exact) mass is 176 g/mol.